The average molecular weight is 266 g/mol. The van der Waals surface area contributed by atoms with Crippen molar-refractivity contribution in [3.63, 3.8) is 0 Å². The Balaban J connectivity index is 2.05. The predicted molar refractivity (Wildman–Crippen MR) is 62.9 cm³/mol. The number of rotatable bonds is 4. The molecule has 10 heteroatoms. The van der Waals surface area contributed by atoms with Crippen LogP contribution in [0.4, 0.5) is 5.95 Å². The van der Waals surface area contributed by atoms with Gasteiger partial charge in [0.1, 0.15) is 6.54 Å². The average Bonchev–Trinajstić information content (AvgIpc) is 2.80. The van der Waals surface area contributed by atoms with Crippen LogP contribution in [0.5, 0.6) is 6.01 Å². The van der Waals surface area contributed by atoms with Crippen LogP contribution in [0.15, 0.2) is 21.9 Å². The molecule has 0 spiro atoms. The van der Waals surface area contributed by atoms with Crippen LogP contribution < -0.4 is 21.3 Å². The minimum Gasteiger partial charge on any atom is -0.466 e. The van der Waals surface area contributed by atoms with Crippen LogP contribution in [0.2, 0.25) is 0 Å². The molecule has 0 radical (unpaired) electrons. The van der Waals surface area contributed by atoms with Crippen molar-refractivity contribution in [2.24, 2.45) is 0 Å². The highest BCUT2D eigenvalue weighted by Gasteiger charge is 2.08. The number of aromatic amines is 2. The highest BCUT2D eigenvalue weighted by Crippen LogP contribution is 2.04. The zero-order chi connectivity index (χ0) is 13.8. The number of hydrogen-bond donors (Lipinski definition) is 3. The summed E-state index contributed by atoms with van der Waals surface area (Å²) < 4.78 is 5.77. The van der Waals surface area contributed by atoms with Crippen LogP contribution in [-0.4, -0.2) is 37.7 Å². The number of amides is 1. The monoisotopic (exact) mass is 266 g/mol. The molecule has 100 valence electrons. The number of carbonyl (C=O) groups is 1. The summed E-state index contributed by atoms with van der Waals surface area (Å²) in [6.07, 6.45) is 1.22. The summed E-state index contributed by atoms with van der Waals surface area (Å²) in [5, 5.41) is 8.46. The molecule has 0 saturated heterocycles. The molecule has 10 nitrogen and oxygen atoms in total. The lowest BCUT2D eigenvalue weighted by atomic mass is 10.5. The summed E-state index contributed by atoms with van der Waals surface area (Å²) in [7, 11) is 1.38. The number of methoxy groups -OCH3 is 1. The molecule has 0 aliphatic heterocycles. The van der Waals surface area contributed by atoms with Gasteiger partial charge >= 0.3 is 11.7 Å². The minimum absolute atomic E-state index is 0.0801. The van der Waals surface area contributed by atoms with E-state index in [0.717, 1.165) is 10.6 Å². The van der Waals surface area contributed by atoms with E-state index in [2.05, 4.69) is 20.5 Å². The Kier molecular flexibility index (Phi) is 3.41. The van der Waals surface area contributed by atoms with E-state index in [1.807, 2.05) is 4.98 Å². The maximum Gasteiger partial charge on any atom is 0.336 e. The van der Waals surface area contributed by atoms with Gasteiger partial charge in [0.15, 0.2) is 0 Å². The van der Waals surface area contributed by atoms with Crippen molar-refractivity contribution >= 4 is 11.9 Å². The quantitative estimate of drug-likeness (QED) is 0.603. The number of anilines is 1. The molecule has 0 bridgehead atoms. The lowest BCUT2D eigenvalue weighted by molar-refractivity contribution is -0.116. The van der Waals surface area contributed by atoms with E-state index < -0.39 is 17.2 Å². The van der Waals surface area contributed by atoms with Crippen LogP contribution in [0.3, 0.4) is 0 Å². The number of carbonyl (C=O) groups excluding carboxylic acids is 1. The van der Waals surface area contributed by atoms with Crippen LogP contribution in [-0.2, 0) is 11.3 Å². The SMILES string of the molecule is COc1n[nH]c(NC(=O)Cn2ccc(=O)[nH]c2=O)n1. The van der Waals surface area contributed by atoms with Crippen LogP contribution in [0.1, 0.15) is 0 Å². The normalized spacial score (nSPS) is 10.2. The Morgan fingerprint density at radius 1 is 1.53 bits per heavy atom. The van der Waals surface area contributed by atoms with Gasteiger partial charge in [-0.2, -0.15) is 4.98 Å². The van der Waals surface area contributed by atoms with Gasteiger partial charge in [-0.15, -0.1) is 5.10 Å². The van der Waals surface area contributed by atoms with E-state index in [9.17, 15) is 14.4 Å². The van der Waals surface area contributed by atoms with Gasteiger partial charge in [-0.1, -0.05) is 0 Å². The number of hydrogen-bond acceptors (Lipinski definition) is 6. The molecular weight excluding hydrogens is 256 g/mol. The van der Waals surface area contributed by atoms with Crippen molar-refractivity contribution < 1.29 is 9.53 Å². The third-order valence-electron chi connectivity index (χ3n) is 2.12. The number of aromatic nitrogens is 5. The first-order valence-electron chi connectivity index (χ1n) is 5.14. The first-order valence-corrected chi connectivity index (χ1v) is 5.14. The van der Waals surface area contributed by atoms with Gasteiger partial charge in [0.2, 0.25) is 11.9 Å². The standard InChI is InChI=1S/C9H10N6O4/c1-19-8-12-7(13-14-8)10-6(17)4-15-3-2-5(16)11-9(15)18/h2-3H,4H2,1H3,(H,11,16,18)(H2,10,12,13,14,17). The molecule has 19 heavy (non-hydrogen) atoms. The fourth-order valence-electron chi connectivity index (χ4n) is 1.29. The zero-order valence-electron chi connectivity index (χ0n) is 9.84. The smallest absolute Gasteiger partial charge is 0.336 e. The molecule has 0 fully saturated rings. The summed E-state index contributed by atoms with van der Waals surface area (Å²) in [6, 6.07) is 1.23. The van der Waals surface area contributed by atoms with Gasteiger partial charge in [0.05, 0.1) is 7.11 Å². The van der Waals surface area contributed by atoms with Gasteiger partial charge in [-0.25, -0.2) is 9.89 Å². The first kappa shape index (κ1) is 12.5. The van der Waals surface area contributed by atoms with Crippen LogP contribution in [0.25, 0.3) is 0 Å². The van der Waals surface area contributed by atoms with Gasteiger partial charge in [0, 0.05) is 12.3 Å². The Morgan fingerprint density at radius 2 is 2.32 bits per heavy atom. The molecule has 0 aromatic carbocycles. The molecule has 2 aromatic heterocycles. The summed E-state index contributed by atoms with van der Waals surface area (Å²) in [6.45, 7) is -0.265. The summed E-state index contributed by atoms with van der Waals surface area (Å²) in [5.74, 6) is -0.410. The van der Waals surface area contributed by atoms with Gasteiger partial charge in [-0.05, 0) is 0 Å². The second-order valence-electron chi connectivity index (χ2n) is 3.46. The molecule has 1 amide bonds. The molecule has 0 saturated carbocycles. The van der Waals surface area contributed by atoms with Crippen molar-refractivity contribution in [3.8, 4) is 6.01 Å². The van der Waals surface area contributed by atoms with Gasteiger partial charge in [-0.3, -0.25) is 24.5 Å². The molecule has 3 N–H and O–H groups in total. The van der Waals surface area contributed by atoms with Crippen molar-refractivity contribution in [3.05, 3.63) is 33.1 Å². The summed E-state index contributed by atoms with van der Waals surface area (Å²) in [5.41, 5.74) is -1.19. The fourth-order valence-corrected chi connectivity index (χ4v) is 1.29. The van der Waals surface area contributed by atoms with Crippen molar-refractivity contribution in [2.75, 3.05) is 12.4 Å². The molecule has 0 atom stereocenters. The van der Waals surface area contributed by atoms with Crippen molar-refractivity contribution in [1.29, 1.82) is 0 Å². The maximum absolute atomic E-state index is 11.6. The second-order valence-corrected chi connectivity index (χ2v) is 3.46. The van der Waals surface area contributed by atoms with E-state index in [1.54, 1.807) is 0 Å². The van der Waals surface area contributed by atoms with Crippen LogP contribution in [0, 0.1) is 0 Å². The lowest BCUT2D eigenvalue weighted by Crippen LogP contribution is -2.32. The van der Waals surface area contributed by atoms with E-state index in [1.165, 1.54) is 13.3 Å². The number of ether oxygens (including phenoxy) is 1. The van der Waals surface area contributed by atoms with Gasteiger partial charge < -0.3 is 4.74 Å². The topological polar surface area (TPSA) is 135 Å². The zero-order valence-corrected chi connectivity index (χ0v) is 9.84. The molecule has 0 unspecified atom stereocenters. The number of nitrogens with zero attached hydrogens (tertiary/aromatic N) is 3. The third kappa shape index (κ3) is 3.06. The Hall–Kier alpha value is -2.91. The highest BCUT2D eigenvalue weighted by atomic mass is 16.5. The van der Waals surface area contributed by atoms with E-state index in [0.29, 0.717) is 0 Å². The maximum atomic E-state index is 11.6. The lowest BCUT2D eigenvalue weighted by Gasteiger charge is -2.03. The van der Waals surface area contributed by atoms with E-state index in [4.69, 9.17) is 4.74 Å². The van der Waals surface area contributed by atoms with Crippen molar-refractivity contribution in [1.82, 2.24) is 24.7 Å². The fraction of sp³-hybridized carbons (Fsp3) is 0.222. The van der Waals surface area contributed by atoms with E-state index >= 15 is 0 Å². The number of nitrogens with one attached hydrogen (secondary N) is 3. The Labute approximate surface area is 105 Å². The summed E-state index contributed by atoms with van der Waals surface area (Å²) >= 11 is 0. The third-order valence-corrected chi connectivity index (χ3v) is 2.12. The summed E-state index contributed by atoms with van der Waals surface area (Å²) in [4.78, 5) is 39.6. The molecular formula is C9H10N6O4. The molecule has 2 aromatic rings. The Morgan fingerprint density at radius 3 is 2.95 bits per heavy atom. The molecule has 0 aliphatic carbocycles. The minimum atomic E-state index is -0.669. The number of H-pyrrole nitrogens is 2. The largest absolute Gasteiger partial charge is 0.466 e. The second kappa shape index (κ2) is 5.16. The van der Waals surface area contributed by atoms with Crippen LogP contribution >= 0.6 is 0 Å². The molecule has 0 aliphatic rings. The van der Waals surface area contributed by atoms with Gasteiger partial charge in [0.25, 0.3) is 5.56 Å². The van der Waals surface area contributed by atoms with E-state index in [-0.39, 0.29) is 18.5 Å². The van der Waals surface area contributed by atoms with Crippen molar-refractivity contribution in [2.45, 2.75) is 6.54 Å². The first-order chi connectivity index (χ1) is 9.08. The molecule has 2 heterocycles. The molecule has 2 rings (SSSR count). The highest BCUT2D eigenvalue weighted by molar-refractivity contribution is 5.88. The predicted octanol–water partition coefficient (Wildman–Crippen LogP) is -1.70. The Bertz CT molecular complexity index is 699.